The highest BCUT2D eigenvalue weighted by Crippen LogP contribution is 2.34. The fraction of sp³-hybridized carbons (Fsp3) is 0.500. The molecule has 0 aliphatic carbocycles. The minimum atomic E-state index is 0.671. The molecule has 0 bridgehead atoms. The van der Waals surface area contributed by atoms with Gasteiger partial charge < -0.3 is 19.5 Å². The van der Waals surface area contributed by atoms with E-state index in [-0.39, 0.29) is 0 Å². The lowest BCUT2D eigenvalue weighted by atomic mass is 10.1. The van der Waals surface area contributed by atoms with Gasteiger partial charge in [-0.15, -0.1) is 5.10 Å². The zero-order valence-corrected chi connectivity index (χ0v) is 19.2. The molecule has 1 aromatic carbocycles. The van der Waals surface area contributed by atoms with E-state index in [4.69, 9.17) is 4.74 Å². The van der Waals surface area contributed by atoms with Crippen LogP contribution >= 0.6 is 0 Å². The van der Waals surface area contributed by atoms with Crippen molar-refractivity contribution < 1.29 is 4.74 Å². The summed E-state index contributed by atoms with van der Waals surface area (Å²) in [5.74, 6) is 1.77. The van der Waals surface area contributed by atoms with Gasteiger partial charge in [0.15, 0.2) is 5.82 Å². The van der Waals surface area contributed by atoms with Crippen molar-refractivity contribution in [2.24, 2.45) is 0 Å². The monoisotopic (exact) mass is 409 g/mol. The molecule has 0 atom stereocenters. The number of benzene rings is 1. The first-order valence-electron chi connectivity index (χ1n) is 11.1. The molecule has 0 aliphatic heterocycles. The highest BCUT2D eigenvalue weighted by atomic mass is 16.5. The van der Waals surface area contributed by atoms with E-state index in [1.165, 1.54) is 16.8 Å². The van der Waals surface area contributed by atoms with Crippen LogP contribution in [0.25, 0.3) is 16.5 Å². The van der Waals surface area contributed by atoms with E-state index in [0.29, 0.717) is 6.61 Å². The van der Waals surface area contributed by atoms with Gasteiger partial charge in [0.2, 0.25) is 0 Å². The van der Waals surface area contributed by atoms with Crippen LogP contribution in [0.1, 0.15) is 44.3 Å². The first-order chi connectivity index (χ1) is 14.5. The molecule has 2 aromatic heterocycles. The Balaban J connectivity index is 1.92. The van der Waals surface area contributed by atoms with Crippen LogP contribution in [-0.2, 0) is 0 Å². The minimum Gasteiger partial charge on any atom is -0.494 e. The molecule has 0 spiro atoms. The second-order valence-electron chi connectivity index (χ2n) is 7.62. The van der Waals surface area contributed by atoms with Gasteiger partial charge in [-0.25, -0.2) is 0 Å². The fourth-order valence-electron chi connectivity index (χ4n) is 4.21. The largest absolute Gasteiger partial charge is 0.494 e. The Hall–Kier alpha value is -2.60. The fourth-order valence-corrected chi connectivity index (χ4v) is 4.21. The van der Waals surface area contributed by atoms with Gasteiger partial charge in [0.1, 0.15) is 5.75 Å². The van der Waals surface area contributed by atoms with Crippen LogP contribution in [0.15, 0.2) is 24.3 Å². The SMILES string of the molecule is CCOc1ccc(-n2c(C)c3c(C)nnc(NCCCN(CC)CC)c3c2C)cc1. The Labute approximate surface area is 180 Å². The van der Waals surface area contributed by atoms with Crippen molar-refractivity contribution in [2.45, 2.75) is 48.0 Å². The molecule has 0 saturated carbocycles. The number of aromatic nitrogens is 3. The van der Waals surface area contributed by atoms with Crippen LogP contribution in [-0.4, -0.2) is 52.5 Å². The lowest BCUT2D eigenvalue weighted by Crippen LogP contribution is -2.25. The predicted octanol–water partition coefficient (Wildman–Crippen LogP) is 4.89. The van der Waals surface area contributed by atoms with Gasteiger partial charge in [-0.1, -0.05) is 13.8 Å². The number of aryl methyl sites for hydroxylation is 3. The number of hydrogen-bond donors (Lipinski definition) is 1. The Morgan fingerprint density at radius 1 is 0.933 bits per heavy atom. The summed E-state index contributed by atoms with van der Waals surface area (Å²) in [7, 11) is 0. The van der Waals surface area contributed by atoms with Crippen molar-refractivity contribution in [3.63, 3.8) is 0 Å². The molecule has 162 valence electrons. The number of anilines is 1. The number of nitrogens with one attached hydrogen (secondary N) is 1. The van der Waals surface area contributed by atoms with Crippen molar-refractivity contribution in [1.29, 1.82) is 0 Å². The number of ether oxygens (including phenoxy) is 1. The summed E-state index contributed by atoms with van der Waals surface area (Å²) >= 11 is 0. The van der Waals surface area contributed by atoms with Gasteiger partial charge in [-0.05, 0) is 78.0 Å². The molecular formula is C24H35N5O. The Morgan fingerprint density at radius 3 is 2.23 bits per heavy atom. The minimum absolute atomic E-state index is 0.671. The van der Waals surface area contributed by atoms with Crippen LogP contribution in [0.5, 0.6) is 5.75 Å². The van der Waals surface area contributed by atoms with Crippen LogP contribution in [0.4, 0.5) is 5.82 Å². The van der Waals surface area contributed by atoms with Crippen molar-refractivity contribution in [3.05, 3.63) is 41.3 Å². The number of rotatable bonds is 10. The maximum absolute atomic E-state index is 5.60. The van der Waals surface area contributed by atoms with E-state index in [2.05, 4.69) is 64.8 Å². The predicted molar refractivity (Wildman–Crippen MR) is 125 cm³/mol. The maximum Gasteiger partial charge on any atom is 0.158 e. The van der Waals surface area contributed by atoms with Gasteiger partial charge in [-0.2, -0.15) is 5.10 Å². The maximum atomic E-state index is 5.60. The number of fused-ring (bicyclic) bond motifs is 1. The van der Waals surface area contributed by atoms with Crippen molar-refractivity contribution in [3.8, 4) is 11.4 Å². The highest BCUT2D eigenvalue weighted by Gasteiger charge is 2.19. The molecule has 30 heavy (non-hydrogen) atoms. The normalized spacial score (nSPS) is 11.4. The molecule has 6 nitrogen and oxygen atoms in total. The summed E-state index contributed by atoms with van der Waals surface area (Å²) < 4.78 is 7.89. The van der Waals surface area contributed by atoms with Crippen molar-refractivity contribution in [1.82, 2.24) is 19.7 Å². The summed E-state index contributed by atoms with van der Waals surface area (Å²) in [6.45, 7) is 17.6. The van der Waals surface area contributed by atoms with E-state index in [1.54, 1.807) is 0 Å². The van der Waals surface area contributed by atoms with Gasteiger partial charge in [-0.3, -0.25) is 0 Å². The van der Waals surface area contributed by atoms with Crippen LogP contribution in [0.2, 0.25) is 0 Å². The van der Waals surface area contributed by atoms with Gasteiger partial charge in [0.05, 0.1) is 12.3 Å². The summed E-state index contributed by atoms with van der Waals surface area (Å²) in [5, 5.41) is 14.8. The average Bonchev–Trinajstić information content (AvgIpc) is 3.02. The van der Waals surface area contributed by atoms with E-state index < -0.39 is 0 Å². The molecule has 0 unspecified atom stereocenters. The first-order valence-corrected chi connectivity index (χ1v) is 11.1. The molecule has 0 aliphatic rings. The zero-order valence-electron chi connectivity index (χ0n) is 19.2. The number of nitrogens with zero attached hydrogens (tertiary/aromatic N) is 4. The van der Waals surface area contributed by atoms with Crippen LogP contribution in [0, 0.1) is 20.8 Å². The van der Waals surface area contributed by atoms with Crippen molar-refractivity contribution >= 4 is 16.6 Å². The molecule has 6 heteroatoms. The molecule has 0 fully saturated rings. The summed E-state index contributed by atoms with van der Waals surface area (Å²) in [4.78, 5) is 2.44. The Bertz CT molecular complexity index is 974. The highest BCUT2D eigenvalue weighted by molar-refractivity contribution is 5.98. The smallest absolute Gasteiger partial charge is 0.158 e. The van der Waals surface area contributed by atoms with Gasteiger partial charge in [0, 0.05) is 34.4 Å². The zero-order chi connectivity index (χ0) is 21.7. The first kappa shape index (κ1) is 22.1. The topological polar surface area (TPSA) is 55.2 Å². The Morgan fingerprint density at radius 2 is 1.60 bits per heavy atom. The van der Waals surface area contributed by atoms with E-state index in [1.807, 2.05) is 26.0 Å². The molecule has 1 N–H and O–H groups in total. The van der Waals surface area contributed by atoms with Gasteiger partial charge in [0.25, 0.3) is 0 Å². The molecule has 0 saturated heterocycles. The second kappa shape index (κ2) is 9.94. The van der Waals surface area contributed by atoms with E-state index in [9.17, 15) is 0 Å². The summed E-state index contributed by atoms with van der Waals surface area (Å²) in [5.41, 5.74) is 4.45. The third-order valence-corrected chi connectivity index (χ3v) is 5.79. The molecule has 3 aromatic rings. The van der Waals surface area contributed by atoms with Crippen molar-refractivity contribution in [2.75, 3.05) is 38.1 Å². The molecule has 0 amide bonds. The molecule has 2 heterocycles. The summed E-state index contributed by atoms with van der Waals surface area (Å²) in [6, 6.07) is 8.27. The second-order valence-corrected chi connectivity index (χ2v) is 7.62. The number of hydrogen-bond acceptors (Lipinski definition) is 5. The van der Waals surface area contributed by atoms with E-state index in [0.717, 1.165) is 60.9 Å². The molecular weight excluding hydrogens is 374 g/mol. The average molecular weight is 410 g/mol. The summed E-state index contributed by atoms with van der Waals surface area (Å²) in [6.07, 6.45) is 1.08. The Kier molecular flexibility index (Phi) is 7.32. The molecule has 3 rings (SSSR count). The third-order valence-electron chi connectivity index (χ3n) is 5.79. The van der Waals surface area contributed by atoms with Gasteiger partial charge >= 0.3 is 0 Å². The lowest BCUT2D eigenvalue weighted by molar-refractivity contribution is 0.303. The van der Waals surface area contributed by atoms with E-state index >= 15 is 0 Å². The standard InChI is InChI=1S/C24H35N5O/c1-7-28(8-2)16-10-15-25-24-23-19(6)29(18(5)22(23)17(4)26-27-24)20-11-13-21(14-12-20)30-9-3/h11-14H,7-10,15-16H2,1-6H3,(H,25,27). The lowest BCUT2D eigenvalue weighted by Gasteiger charge is -2.17. The van der Waals surface area contributed by atoms with Crippen LogP contribution < -0.4 is 10.1 Å². The van der Waals surface area contributed by atoms with Crippen LogP contribution in [0.3, 0.4) is 0 Å². The third kappa shape index (κ3) is 4.43. The molecule has 0 radical (unpaired) electrons. The quantitative estimate of drug-likeness (QED) is 0.483.